The van der Waals surface area contributed by atoms with Crippen molar-refractivity contribution in [3.8, 4) is 5.88 Å². The van der Waals surface area contributed by atoms with E-state index >= 15 is 0 Å². The van der Waals surface area contributed by atoms with Crippen molar-refractivity contribution in [3.05, 3.63) is 33.9 Å². The van der Waals surface area contributed by atoms with Crippen LogP contribution in [0.25, 0.3) is 0 Å². The van der Waals surface area contributed by atoms with Gasteiger partial charge in [0.05, 0.1) is 12.7 Å². The lowest BCUT2D eigenvalue weighted by molar-refractivity contribution is 0.0467. The van der Waals surface area contributed by atoms with Crippen LogP contribution in [0.15, 0.2) is 18.3 Å². The molecule has 0 aliphatic heterocycles. The van der Waals surface area contributed by atoms with E-state index in [1.807, 2.05) is 0 Å². The highest BCUT2D eigenvalue weighted by atomic mass is 35.5. The second kappa shape index (κ2) is 5.74. The van der Waals surface area contributed by atoms with Crippen LogP contribution in [0.5, 0.6) is 5.88 Å². The van der Waals surface area contributed by atoms with Crippen molar-refractivity contribution in [2.75, 3.05) is 7.11 Å². The molecule has 0 saturated heterocycles. The van der Waals surface area contributed by atoms with Crippen molar-refractivity contribution in [1.29, 1.82) is 0 Å². The Labute approximate surface area is 112 Å². The fourth-order valence-electron chi connectivity index (χ4n) is 1.12. The number of ether oxygens (including phenoxy) is 2. The molecule has 0 aliphatic carbocycles. The van der Waals surface area contributed by atoms with Gasteiger partial charge in [0.2, 0.25) is 5.88 Å². The highest BCUT2D eigenvalue weighted by molar-refractivity contribution is 7.10. The minimum Gasteiger partial charge on any atom is -0.481 e. The maximum absolute atomic E-state index is 11.7. The van der Waals surface area contributed by atoms with E-state index in [1.54, 1.807) is 12.1 Å². The van der Waals surface area contributed by atoms with Gasteiger partial charge in [-0.1, -0.05) is 16.1 Å². The normalized spacial score (nSPS) is 10.1. The Morgan fingerprint density at radius 2 is 2.33 bits per heavy atom. The molecule has 0 atom stereocenters. The summed E-state index contributed by atoms with van der Waals surface area (Å²) in [6.45, 7) is -0.0137. The Kier molecular flexibility index (Phi) is 4.06. The Balaban J connectivity index is 1.97. The Hall–Kier alpha value is -1.73. The zero-order valence-electron chi connectivity index (χ0n) is 9.29. The van der Waals surface area contributed by atoms with E-state index in [4.69, 9.17) is 21.1 Å². The summed E-state index contributed by atoms with van der Waals surface area (Å²) >= 11 is 6.82. The molecule has 2 aromatic rings. The molecule has 2 rings (SSSR count). The molecule has 94 valence electrons. The van der Waals surface area contributed by atoms with Crippen LogP contribution in [0.3, 0.4) is 0 Å². The molecule has 18 heavy (non-hydrogen) atoms. The molecule has 6 nitrogen and oxygen atoms in total. The topological polar surface area (TPSA) is 74.2 Å². The first-order valence-electron chi connectivity index (χ1n) is 4.84. The fourth-order valence-corrected chi connectivity index (χ4v) is 1.72. The number of nitrogens with zero attached hydrogens (tertiary/aromatic N) is 3. The molecule has 0 unspecified atom stereocenters. The van der Waals surface area contributed by atoms with Crippen LogP contribution in [-0.4, -0.2) is 27.7 Å². The second-order valence-corrected chi connectivity index (χ2v) is 4.51. The summed E-state index contributed by atoms with van der Waals surface area (Å²) in [7, 11) is 1.50. The highest BCUT2D eigenvalue weighted by Gasteiger charge is 2.11. The van der Waals surface area contributed by atoms with E-state index in [1.165, 1.54) is 13.3 Å². The summed E-state index contributed by atoms with van der Waals surface area (Å²) in [5.74, 6) is -0.0764. The first-order valence-corrected chi connectivity index (χ1v) is 5.99. The van der Waals surface area contributed by atoms with Gasteiger partial charge >= 0.3 is 5.97 Å². The molecule has 0 radical (unpaired) electrons. The zero-order valence-corrected chi connectivity index (χ0v) is 10.9. The van der Waals surface area contributed by atoms with Gasteiger partial charge < -0.3 is 9.47 Å². The molecule has 0 saturated carbocycles. The van der Waals surface area contributed by atoms with Gasteiger partial charge in [0.15, 0.2) is 0 Å². The maximum atomic E-state index is 11.7. The number of carbonyl (C=O) groups excluding carboxylic acids is 1. The van der Waals surface area contributed by atoms with E-state index in [2.05, 4.69) is 14.6 Å². The van der Waals surface area contributed by atoms with E-state index < -0.39 is 5.97 Å². The van der Waals surface area contributed by atoms with Gasteiger partial charge in [-0.15, -0.1) is 5.10 Å². The number of rotatable bonds is 4. The number of hydrogen-bond donors (Lipinski definition) is 0. The molecule has 8 heteroatoms. The van der Waals surface area contributed by atoms with E-state index in [9.17, 15) is 4.79 Å². The average molecular weight is 286 g/mol. The zero-order chi connectivity index (χ0) is 13.0. The van der Waals surface area contributed by atoms with Gasteiger partial charge in [-0.3, -0.25) is 0 Å². The lowest BCUT2D eigenvalue weighted by Gasteiger charge is -2.03. The first kappa shape index (κ1) is 12.7. The van der Waals surface area contributed by atoms with Crippen LogP contribution >= 0.6 is 23.1 Å². The summed E-state index contributed by atoms with van der Waals surface area (Å²) in [5.41, 5.74) is 0.770. The molecule has 2 heterocycles. The summed E-state index contributed by atoms with van der Waals surface area (Å²) in [5, 5.41) is 3.73. The SMILES string of the molecule is COc1ccc(C(=O)OCc2nnsc2Cl)cn1. The van der Waals surface area contributed by atoms with Crippen molar-refractivity contribution in [2.45, 2.75) is 6.61 Å². The Bertz CT molecular complexity index is 544. The molecular weight excluding hydrogens is 278 g/mol. The minimum absolute atomic E-state index is 0.0137. The molecule has 0 bridgehead atoms. The molecule has 0 spiro atoms. The number of esters is 1. The van der Waals surface area contributed by atoms with E-state index in [-0.39, 0.29) is 6.61 Å². The van der Waals surface area contributed by atoms with Gasteiger partial charge in [0.1, 0.15) is 16.6 Å². The predicted molar refractivity (Wildman–Crippen MR) is 64.8 cm³/mol. The van der Waals surface area contributed by atoms with Crippen LogP contribution in [0.1, 0.15) is 16.1 Å². The van der Waals surface area contributed by atoms with Gasteiger partial charge in [-0.2, -0.15) is 0 Å². The maximum Gasteiger partial charge on any atom is 0.340 e. The molecule has 0 fully saturated rings. The first-order chi connectivity index (χ1) is 8.70. The van der Waals surface area contributed by atoms with Crippen molar-refractivity contribution in [1.82, 2.24) is 14.6 Å². The third-order valence-electron chi connectivity index (χ3n) is 2.03. The van der Waals surface area contributed by atoms with Crippen LogP contribution in [-0.2, 0) is 11.3 Å². The van der Waals surface area contributed by atoms with Gasteiger partial charge in [0.25, 0.3) is 0 Å². The smallest absolute Gasteiger partial charge is 0.340 e. The van der Waals surface area contributed by atoms with Crippen molar-refractivity contribution < 1.29 is 14.3 Å². The number of hydrogen-bond acceptors (Lipinski definition) is 7. The Morgan fingerprint density at radius 3 is 2.89 bits per heavy atom. The average Bonchev–Trinajstić information content (AvgIpc) is 2.81. The lowest BCUT2D eigenvalue weighted by atomic mass is 10.3. The molecule has 0 aliphatic rings. The monoisotopic (exact) mass is 285 g/mol. The minimum atomic E-state index is -0.505. The molecule has 0 N–H and O–H groups in total. The Morgan fingerprint density at radius 1 is 1.50 bits per heavy atom. The van der Waals surface area contributed by atoms with E-state index in [0.29, 0.717) is 21.5 Å². The van der Waals surface area contributed by atoms with Crippen molar-refractivity contribution in [3.63, 3.8) is 0 Å². The van der Waals surface area contributed by atoms with Crippen molar-refractivity contribution >= 4 is 29.1 Å². The van der Waals surface area contributed by atoms with E-state index in [0.717, 1.165) is 11.5 Å². The second-order valence-electron chi connectivity index (χ2n) is 3.16. The van der Waals surface area contributed by atoms with Gasteiger partial charge in [0, 0.05) is 23.8 Å². The third-order valence-corrected chi connectivity index (χ3v) is 3.01. The number of halogens is 1. The standard InChI is InChI=1S/C10H8ClN3O3S/c1-16-8-3-2-6(4-12-8)10(15)17-5-7-9(11)18-14-13-7/h2-4H,5H2,1H3. The molecule has 0 amide bonds. The van der Waals surface area contributed by atoms with Crippen LogP contribution < -0.4 is 4.74 Å². The van der Waals surface area contributed by atoms with Gasteiger partial charge in [-0.05, 0) is 6.07 Å². The number of pyridine rings is 1. The van der Waals surface area contributed by atoms with Gasteiger partial charge in [-0.25, -0.2) is 9.78 Å². The number of aromatic nitrogens is 3. The van der Waals surface area contributed by atoms with Crippen LogP contribution in [0, 0.1) is 0 Å². The summed E-state index contributed by atoms with van der Waals surface area (Å²) in [4.78, 5) is 15.6. The quantitative estimate of drug-likeness (QED) is 0.799. The summed E-state index contributed by atoms with van der Waals surface area (Å²) in [6, 6.07) is 3.14. The highest BCUT2D eigenvalue weighted by Crippen LogP contribution is 2.18. The number of carbonyl (C=O) groups is 1. The van der Waals surface area contributed by atoms with Crippen LogP contribution in [0.4, 0.5) is 0 Å². The molecule has 2 aromatic heterocycles. The third kappa shape index (κ3) is 2.93. The molecular formula is C10H8ClN3O3S. The summed E-state index contributed by atoms with van der Waals surface area (Å²) < 4.78 is 14.0. The lowest BCUT2D eigenvalue weighted by Crippen LogP contribution is -2.06. The number of methoxy groups -OCH3 is 1. The predicted octanol–water partition coefficient (Wildman–Crippen LogP) is 1.95. The largest absolute Gasteiger partial charge is 0.481 e. The molecule has 0 aromatic carbocycles. The van der Waals surface area contributed by atoms with Crippen LogP contribution in [0.2, 0.25) is 4.34 Å². The summed E-state index contributed by atoms with van der Waals surface area (Å²) in [6.07, 6.45) is 1.38. The fraction of sp³-hybridized carbons (Fsp3) is 0.200. The van der Waals surface area contributed by atoms with Crippen molar-refractivity contribution in [2.24, 2.45) is 0 Å².